The van der Waals surface area contributed by atoms with Crippen LogP contribution in [0, 0.1) is 0 Å². The van der Waals surface area contributed by atoms with E-state index in [-0.39, 0.29) is 5.91 Å². The standard InChI is InChI=1S/C12H16N2O/c1-14(2)12(15)9-5-3-8(4-6-9)10-7-11(10)13/h3-6,10-11H,7,13H2,1-2H3. The molecule has 1 fully saturated rings. The zero-order valence-corrected chi connectivity index (χ0v) is 9.10. The molecule has 2 atom stereocenters. The van der Waals surface area contributed by atoms with Crippen LogP contribution in [-0.4, -0.2) is 30.9 Å². The first-order valence-corrected chi connectivity index (χ1v) is 5.17. The number of nitrogens with two attached hydrogens (primary N) is 1. The molecule has 1 aromatic carbocycles. The van der Waals surface area contributed by atoms with Crippen LogP contribution in [0.15, 0.2) is 24.3 Å². The van der Waals surface area contributed by atoms with Crippen LogP contribution in [0.1, 0.15) is 28.3 Å². The first-order chi connectivity index (χ1) is 7.09. The molecule has 2 unspecified atom stereocenters. The molecule has 80 valence electrons. The Labute approximate surface area is 89.9 Å². The Morgan fingerprint density at radius 3 is 2.27 bits per heavy atom. The molecular weight excluding hydrogens is 188 g/mol. The molecule has 0 saturated heterocycles. The summed E-state index contributed by atoms with van der Waals surface area (Å²) in [4.78, 5) is 13.2. The van der Waals surface area contributed by atoms with Gasteiger partial charge in [0.05, 0.1) is 0 Å². The third kappa shape index (κ3) is 2.02. The van der Waals surface area contributed by atoms with Gasteiger partial charge in [0.2, 0.25) is 0 Å². The predicted molar refractivity (Wildman–Crippen MR) is 59.8 cm³/mol. The topological polar surface area (TPSA) is 46.3 Å². The molecule has 1 aliphatic carbocycles. The van der Waals surface area contributed by atoms with Crippen molar-refractivity contribution in [1.29, 1.82) is 0 Å². The van der Waals surface area contributed by atoms with Crippen LogP contribution in [0.25, 0.3) is 0 Å². The lowest BCUT2D eigenvalue weighted by Crippen LogP contribution is -2.21. The SMILES string of the molecule is CN(C)C(=O)c1ccc(C2CC2N)cc1. The fraction of sp³-hybridized carbons (Fsp3) is 0.417. The van der Waals surface area contributed by atoms with E-state index in [1.165, 1.54) is 5.56 Å². The zero-order chi connectivity index (χ0) is 11.0. The quantitative estimate of drug-likeness (QED) is 0.787. The van der Waals surface area contributed by atoms with Crippen LogP contribution in [0.3, 0.4) is 0 Å². The number of nitrogens with zero attached hydrogens (tertiary/aromatic N) is 1. The van der Waals surface area contributed by atoms with Gasteiger partial charge in [-0.15, -0.1) is 0 Å². The Morgan fingerprint density at radius 1 is 1.33 bits per heavy atom. The van der Waals surface area contributed by atoms with E-state index in [1.54, 1.807) is 19.0 Å². The average Bonchev–Trinajstić information content (AvgIpc) is 2.94. The monoisotopic (exact) mass is 204 g/mol. The van der Waals surface area contributed by atoms with Gasteiger partial charge in [0, 0.05) is 31.6 Å². The Hall–Kier alpha value is -1.35. The molecule has 2 N–H and O–H groups in total. The number of hydrogen-bond acceptors (Lipinski definition) is 2. The van der Waals surface area contributed by atoms with Gasteiger partial charge in [-0.3, -0.25) is 4.79 Å². The number of carbonyl (C=O) groups is 1. The van der Waals surface area contributed by atoms with Crippen molar-refractivity contribution in [3.05, 3.63) is 35.4 Å². The molecule has 0 aliphatic heterocycles. The maximum Gasteiger partial charge on any atom is 0.253 e. The van der Waals surface area contributed by atoms with Gasteiger partial charge in [-0.05, 0) is 24.1 Å². The van der Waals surface area contributed by atoms with E-state index in [4.69, 9.17) is 5.73 Å². The molecule has 1 aromatic rings. The zero-order valence-electron chi connectivity index (χ0n) is 9.10. The first-order valence-electron chi connectivity index (χ1n) is 5.17. The summed E-state index contributed by atoms with van der Waals surface area (Å²) in [6, 6.07) is 8.09. The first kappa shape index (κ1) is 10.2. The summed E-state index contributed by atoms with van der Waals surface area (Å²) in [5, 5.41) is 0. The van der Waals surface area contributed by atoms with Crippen molar-refractivity contribution in [3.8, 4) is 0 Å². The number of benzene rings is 1. The second-order valence-corrected chi connectivity index (χ2v) is 4.33. The van der Waals surface area contributed by atoms with E-state index < -0.39 is 0 Å². The minimum absolute atomic E-state index is 0.0432. The maximum absolute atomic E-state index is 11.6. The van der Waals surface area contributed by atoms with Gasteiger partial charge in [0.15, 0.2) is 0 Å². The number of hydrogen-bond donors (Lipinski definition) is 1. The van der Waals surface area contributed by atoms with Gasteiger partial charge < -0.3 is 10.6 Å². The minimum Gasteiger partial charge on any atom is -0.345 e. The second kappa shape index (κ2) is 3.66. The van der Waals surface area contributed by atoms with Crippen molar-refractivity contribution in [2.45, 2.75) is 18.4 Å². The Bertz CT molecular complexity index is 370. The summed E-state index contributed by atoms with van der Waals surface area (Å²) in [7, 11) is 3.51. The van der Waals surface area contributed by atoms with Crippen LogP contribution in [0.5, 0.6) is 0 Å². The van der Waals surface area contributed by atoms with Crippen molar-refractivity contribution in [2.75, 3.05) is 14.1 Å². The highest BCUT2D eigenvalue weighted by Crippen LogP contribution is 2.38. The van der Waals surface area contributed by atoms with E-state index in [0.29, 0.717) is 12.0 Å². The van der Waals surface area contributed by atoms with Crippen LogP contribution in [-0.2, 0) is 0 Å². The highest BCUT2D eigenvalue weighted by atomic mass is 16.2. The maximum atomic E-state index is 11.6. The van der Waals surface area contributed by atoms with Crippen molar-refractivity contribution in [1.82, 2.24) is 4.90 Å². The predicted octanol–water partition coefficient (Wildman–Crippen LogP) is 1.20. The van der Waals surface area contributed by atoms with Crippen molar-refractivity contribution >= 4 is 5.91 Å². The Kier molecular flexibility index (Phi) is 2.49. The van der Waals surface area contributed by atoms with Gasteiger partial charge in [-0.2, -0.15) is 0 Å². The molecule has 0 heterocycles. The summed E-state index contributed by atoms with van der Waals surface area (Å²) in [6.45, 7) is 0. The number of amides is 1. The van der Waals surface area contributed by atoms with Gasteiger partial charge in [-0.25, -0.2) is 0 Å². The van der Waals surface area contributed by atoms with E-state index in [1.807, 2.05) is 24.3 Å². The van der Waals surface area contributed by atoms with Gasteiger partial charge in [0.1, 0.15) is 0 Å². The number of rotatable bonds is 2. The summed E-state index contributed by atoms with van der Waals surface area (Å²) in [6.07, 6.45) is 1.07. The Morgan fingerprint density at radius 2 is 1.87 bits per heavy atom. The lowest BCUT2D eigenvalue weighted by molar-refractivity contribution is 0.0827. The largest absolute Gasteiger partial charge is 0.345 e. The molecule has 3 heteroatoms. The summed E-state index contributed by atoms with van der Waals surface area (Å²) >= 11 is 0. The van der Waals surface area contributed by atoms with Crippen molar-refractivity contribution in [2.24, 2.45) is 5.73 Å². The van der Waals surface area contributed by atoms with Crippen LogP contribution >= 0.6 is 0 Å². The van der Waals surface area contributed by atoms with Crippen LogP contribution in [0.2, 0.25) is 0 Å². The van der Waals surface area contributed by atoms with E-state index in [9.17, 15) is 4.79 Å². The second-order valence-electron chi connectivity index (χ2n) is 4.33. The third-order valence-electron chi connectivity index (χ3n) is 2.83. The average molecular weight is 204 g/mol. The summed E-state index contributed by atoms with van der Waals surface area (Å²) in [5.41, 5.74) is 7.75. The van der Waals surface area contributed by atoms with Gasteiger partial charge >= 0.3 is 0 Å². The van der Waals surface area contributed by atoms with E-state index >= 15 is 0 Å². The molecule has 1 saturated carbocycles. The molecule has 3 nitrogen and oxygen atoms in total. The lowest BCUT2D eigenvalue weighted by atomic mass is 10.1. The molecule has 0 bridgehead atoms. The molecule has 15 heavy (non-hydrogen) atoms. The molecular formula is C12H16N2O. The number of carbonyl (C=O) groups excluding carboxylic acids is 1. The van der Waals surface area contributed by atoms with Gasteiger partial charge in [0.25, 0.3) is 5.91 Å². The molecule has 1 aliphatic rings. The van der Waals surface area contributed by atoms with Gasteiger partial charge in [-0.1, -0.05) is 12.1 Å². The van der Waals surface area contributed by atoms with E-state index in [0.717, 1.165) is 12.0 Å². The fourth-order valence-corrected chi connectivity index (χ4v) is 1.73. The Balaban J connectivity index is 2.14. The van der Waals surface area contributed by atoms with Crippen molar-refractivity contribution < 1.29 is 4.79 Å². The molecule has 0 spiro atoms. The summed E-state index contributed by atoms with van der Waals surface area (Å²) < 4.78 is 0. The molecule has 2 rings (SSSR count). The highest BCUT2D eigenvalue weighted by molar-refractivity contribution is 5.93. The molecule has 0 radical (unpaired) electrons. The van der Waals surface area contributed by atoms with Crippen LogP contribution in [0.4, 0.5) is 0 Å². The highest BCUT2D eigenvalue weighted by Gasteiger charge is 2.34. The lowest BCUT2D eigenvalue weighted by Gasteiger charge is -2.10. The summed E-state index contributed by atoms with van der Waals surface area (Å²) in [5.74, 6) is 0.551. The van der Waals surface area contributed by atoms with E-state index in [2.05, 4.69) is 0 Å². The minimum atomic E-state index is 0.0432. The molecule has 1 amide bonds. The smallest absolute Gasteiger partial charge is 0.253 e. The third-order valence-corrected chi connectivity index (χ3v) is 2.83. The fourth-order valence-electron chi connectivity index (χ4n) is 1.73. The van der Waals surface area contributed by atoms with Crippen LogP contribution < -0.4 is 5.73 Å². The molecule has 0 aromatic heterocycles. The van der Waals surface area contributed by atoms with Crippen molar-refractivity contribution in [3.63, 3.8) is 0 Å². The normalized spacial score (nSPS) is 23.7.